The number of nitrogens with zero attached hydrogens (tertiary/aromatic N) is 1. The molecule has 1 aliphatic heterocycles. The summed E-state index contributed by atoms with van der Waals surface area (Å²) >= 11 is 12.0. The Kier molecular flexibility index (Phi) is 2.48. The third kappa shape index (κ3) is 1.49. The molecule has 0 aromatic heterocycles. The van der Waals surface area contributed by atoms with Crippen LogP contribution in [0.2, 0.25) is 10.0 Å². The lowest BCUT2D eigenvalue weighted by molar-refractivity contribution is -0.124. The van der Waals surface area contributed by atoms with Gasteiger partial charge in [-0.1, -0.05) is 35.4 Å². The molecular formula is C17H13Cl2NO2. The Morgan fingerprint density at radius 1 is 0.909 bits per heavy atom. The second-order valence-electron chi connectivity index (χ2n) is 6.76. The SMILES string of the molecule is O=C1C2C3C=CC(C4CC34)C2C(=O)N1c1ccc(Cl)c(Cl)c1. The molecule has 1 heterocycles. The fourth-order valence-corrected chi connectivity index (χ4v) is 5.13. The van der Waals surface area contributed by atoms with E-state index in [2.05, 4.69) is 12.2 Å². The monoisotopic (exact) mass is 333 g/mol. The van der Waals surface area contributed by atoms with Crippen LogP contribution in [0.3, 0.4) is 0 Å². The lowest BCUT2D eigenvalue weighted by Crippen LogP contribution is -2.40. The predicted octanol–water partition coefficient (Wildman–Crippen LogP) is 3.55. The van der Waals surface area contributed by atoms with Crippen LogP contribution in [0.5, 0.6) is 0 Å². The quantitative estimate of drug-likeness (QED) is 0.582. The number of allylic oxidation sites excluding steroid dienone is 2. The van der Waals surface area contributed by atoms with Crippen molar-refractivity contribution in [2.75, 3.05) is 4.90 Å². The van der Waals surface area contributed by atoms with Crippen LogP contribution < -0.4 is 4.90 Å². The normalized spacial score (nSPS) is 40.9. The Morgan fingerprint density at radius 2 is 1.50 bits per heavy atom. The summed E-state index contributed by atoms with van der Waals surface area (Å²) in [5, 5.41) is 0.781. The molecule has 2 amide bonds. The van der Waals surface area contributed by atoms with Gasteiger partial charge in [-0.25, -0.2) is 4.90 Å². The molecule has 0 spiro atoms. The van der Waals surface area contributed by atoms with Crippen LogP contribution in [-0.2, 0) is 9.59 Å². The zero-order valence-corrected chi connectivity index (χ0v) is 13.1. The molecule has 2 bridgehead atoms. The second-order valence-corrected chi connectivity index (χ2v) is 7.58. The zero-order chi connectivity index (χ0) is 15.2. The molecule has 5 heteroatoms. The number of halogens is 2. The molecule has 5 aliphatic rings. The smallest absolute Gasteiger partial charge is 0.238 e. The summed E-state index contributed by atoms with van der Waals surface area (Å²) in [5.74, 6) is 1.20. The largest absolute Gasteiger partial charge is 0.274 e. The van der Waals surface area contributed by atoms with E-state index in [0.29, 0.717) is 27.6 Å². The van der Waals surface area contributed by atoms with Crippen molar-refractivity contribution in [1.29, 1.82) is 0 Å². The number of carbonyl (C=O) groups is 2. The van der Waals surface area contributed by atoms with Crippen molar-refractivity contribution in [3.63, 3.8) is 0 Å². The maximum absolute atomic E-state index is 12.9. The number of imide groups is 1. The molecule has 2 saturated carbocycles. The minimum Gasteiger partial charge on any atom is -0.274 e. The first-order chi connectivity index (χ1) is 10.6. The van der Waals surface area contributed by atoms with Crippen LogP contribution >= 0.6 is 23.2 Å². The second kappa shape index (κ2) is 4.15. The predicted molar refractivity (Wildman–Crippen MR) is 83.7 cm³/mol. The van der Waals surface area contributed by atoms with E-state index in [1.165, 1.54) is 11.3 Å². The summed E-state index contributed by atoms with van der Waals surface area (Å²) in [6, 6.07) is 4.93. The summed E-state index contributed by atoms with van der Waals surface area (Å²) in [4.78, 5) is 27.1. The van der Waals surface area contributed by atoms with Crippen molar-refractivity contribution < 1.29 is 9.59 Å². The first-order valence-electron chi connectivity index (χ1n) is 7.59. The molecule has 3 nitrogen and oxygen atoms in total. The van der Waals surface area contributed by atoms with Gasteiger partial charge in [0, 0.05) is 0 Å². The van der Waals surface area contributed by atoms with Crippen molar-refractivity contribution in [1.82, 2.24) is 0 Å². The number of benzene rings is 1. The average Bonchev–Trinajstić information content (AvgIpc) is 3.28. The fourth-order valence-electron chi connectivity index (χ4n) is 4.84. The standard InChI is InChI=1S/C17H13Cl2NO2/c18-12-4-1-7(5-13(12)19)20-16(21)14-8-2-3-9(11-6-10(8)11)15(14)17(20)22/h1-5,8-11,14-15H,6H2. The van der Waals surface area contributed by atoms with Crippen LogP contribution in [0.15, 0.2) is 30.4 Å². The average molecular weight is 334 g/mol. The van der Waals surface area contributed by atoms with Gasteiger partial charge in [0.2, 0.25) is 11.8 Å². The lowest BCUT2D eigenvalue weighted by atomic mass is 9.63. The first-order valence-corrected chi connectivity index (χ1v) is 8.34. The van der Waals surface area contributed by atoms with E-state index >= 15 is 0 Å². The van der Waals surface area contributed by atoms with E-state index in [4.69, 9.17) is 23.2 Å². The van der Waals surface area contributed by atoms with Crippen LogP contribution in [-0.4, -0.2) is 11.8 Å². The fraction of sp³-hybridized carbons (Fsp3) is 0.412. The third-order valence-electron chi connectivity index (χ3n) is 5.82. The molecule has 1 saturated heterocycles. The number of carbonyl (C=O) groups excluding carboxylic acids is 2. The van der Waals surface area contributed by atoms with Crippen molar-refractivity contribution in [3.8, 4) is 0 Å². The first kappa shape index (κ1) is 13.1. The van der Waals surface area contributed by atoms with Crippen LogP contribution in [0, 0.1) is 35.5 Å². The van der Waals surface area contributed by atoms with Crippen molar-refractivity contribution in [3.05, 3.63) is 40.4 Å². The van der Waals surface area contributed by atoms with E-state index in [0.717, 1.165) is 0 Å². The highest BCUT2D eigenvalue weighted by Gasteiger charge is 2.67. The van der Waals surface area contributed by atoms with Gasteiger partial charge in [0.15, 0.2) is 0 Å². The molecular weight excluding hydrogens is 321 g/mol. The van der Waals surface area contributed by atoms with Crippen molar-refractivity contribution in [2.24, 2.45) is 35.5 Å². The summed E-state index contributed by atoms with van der Waals surface area (Å²) in [5.41, 5.74) is 0.534. The zero-order valence-electron chi connectivity index (χ0n) is 11.6. The molecule has 3 fully saturated rings. The van der Waals surface area contributed by atoms with Gasteiger partial charge in [-0.3, -0.25) is 9.59 Å². The highest BCUT2D eigenvalue weighted by molar-refractivity contribution is 6.42. The van der Waals surface area contributed by atoms with Gasteiger partial charge in [-0.2, -0.15) is 0 Å². The minimum absolute atomic E-state index is 0.0712. The number of rotatable bonds is 1. The molecule has 22 heavy (non-hydrogen) atoms. The molecule has 0 radical (unpaired) electrons. The van der Waals surface area contributed by atoms with Gasteiger partial charge >= 0.3 is 0 Å². The summed E-state index contributed by atoms with van der Waals surface area (Å²) in [6.07, 6.45) is 5.51. The Morgan fingerprint density at radius 3 is 2.05 bits per heavy atom. The molecule has 112 valence electrons. The topological polar surface area (TPSA) is 37.4 Å². The van der Waals surface area contributed by atoms with Gasteiger partial charge in [-0.05, 0) is 48.3 Å². The van der Waals surface area contributed by atoms with Gasteiger partial charge in [0.25, 0.3) is 0 Å². The van der Waals surface area contributed by atoms with Gasteiger partial charge in [0.1, 0.15) is 0 Å². The highest BCUT2D eigenvalue weighted by Crippen LogP contribution is 2.65. The lowest BCUT2D eigenvalue weighted by Gasteiger charge is -2.37. The van der Waals surface area contributed by atoms with Gasteiger partial charge < -0.3 is 0 Å². The van der Waals surface area contributed by atoms with E-state index in [-0.39, 0.29) is 35.5 Å². The van der Waals surface area contributed by atoms with Crippen LogP contribution in [0.25, 0.3) is 0 Å². The molecule has 1 aromatic carbocycles. The maximum Gasteiger partial charge on any atom is 0.238 e. The van der Waals surface area contributed by atoms with Crippen molar-refractivity contribution in [2.45, 2.75) is 6.42 Å². The molecule has 6 atom stereocenters. The van der Waals surface area contributed by atoms with E-state index in [9.17, 15) is 9.59 Å². The highest BCUT2D eigenvalue weighted by atomic mass is 35.5. The van der Waals surface area contributed by atoms with E-state index < -0.39 is 0 Å². The number of hydrogen-bond donors (Lipinski definition) is 0. The summed E-state index contributed by atoms with van der Waals surface area (Å²) < 4.78 is 0. The Labute approximate surface area is 137 Å². The van der Waals surface area contributed by atoms with Crippen molar-refractivity contribution >= 4 is 40.7 Å². The molecule has 1 aromatic rings. The number of amides is 2. The van der Waals surface area contributed by atoms with Gasteiger partial charge in [0.05, 0.1) is 27.6 Å². The molecule has 6 rings (SSSR count). The van der Waals surface area contributed by atoms with E-state index in [1.807, 2.05) is 0 Å². The third-order valence-corrected chi connectivity index (χ3v) is 6.56. The molecule has 6 unspecified atom stereocenters. The van der Waals surface area contributed by atoms with Crippen LogP contribution in [0.1, 0.15) is 6.42 Å². The maximum atomic E-state index is 12.9. The molecule has 4 aliphatic carbocycles. The summed E-state index contributed by atoms with van der Waals surface area (Å²) in [7, 11) is 0. The molecule has 0 N–H and O–H groups in total. The van der Waals surface area contributed by atoms with Gasteiger partial charge in [-0.15, -0.1) is 0 Å². The Bertz CT molecular complexity index is 723. The minimum atomic E-state index is -0.180. The Hall–Kier alpha value is -1.32. The van der Waals surface area contributed by atoms with E-state index in [1.54, 1.807) is 18.2 Å². The van der Waals surface area contributed by atoms with Crippen LogP contribution in [0.4, 0.5) is 5.69 Å². The number of hydrogen-bond acceptors (Lipinski definition) is 2. The number of anilines is 1. The summed E-state index contributed by atoms with van der Waals surface area (Å²) in [6.45, 7) is 0. The Balaban J connectivity index is 1.58.